The van der Waals surface area contributed by atoms with E-state index in [0.29, 0.717) is 24.9 Å². The van der Waals surface area contributed by atoms with E-state index in [1.807, 2.05) is 30.3 Å². The van der Waals surface area contributed by atoms with Crippen molar-refractivity contribution in [1.82, 2.24) is 10.9 Å². The van der Waals surface area contributed by atoms with Gasteiger partial charge in [-0.1, -0.05) is 0 Å². The highest BCUT2D eigenvalue weighted by molar-refractivity contribution is 5.97. The Hall–Kier alpha value is -3.10. The lowest BCUT2D eigenvalue weighted by molar-refractivity contribution is -0.118. The molecule has 8 nitrogen and oxygen atoms in total. The lowest BCUT2D eigenvalue weighted by Gasteiger charge is -2.18. The van der Waals surface area contributed by atoms with Crippen LogP contribution in [-0.2, 0) is 16.0 Å². The summed E-state index contributed by atoms with van der Waals surface area (Å²) >= 11 is 0. The minimum Gasteiger partial charge on any atom is -0.497 e. The van der Waals surface area contributed by atoms with E-state index in [9.17, 15) is 9.59 Å². The van der Waals surface area contributed by atoms with Gasteiger partial charge in [0.05, 0.1) is 20.3 Å². The van der Waals surface area contributed by atoms with Crippen LogP contribution in [0.5, 0.6) is 11.5 Å². The zero-order chi connectivity index (χ0) is 20.4. The molecule has 2 aromatic rings. The molecule has 1 fully saturated rings. The first kappa shape index (κ1) is 19.2. The minimum atomic E-state index is -0.397. The molecule has 4 rings (SSSR count). The van der Waals surface area contributed by atoms with Crippen LogP contribution in [0.1, 0.15) is 30.0 Å². The normalized spacial score (nSPS) is 20.6. The van der Waals surface area contributed by atoms with Crippen molar-refractivity contribution in [1.29, 1.82) is 0 Å². The summed E-state index contributed by atoms with van der Waals surface area (Å²) in [6.45, 7) is 0. The largest absolute Gasteiger partial charge is 0.497 e. The molecule has 29 heavy (non-hydrogen) atoms. The molecule has 0 spiro atoms. The molecule has 2 aromatic carbocycles. The third kappa shape index (κ3) is 4.03. The van der Waals surface area contributed by atoms with Crippen LogP contribution < -0.4 is 31.0 Å². The Morgan fingerprint density at radius 2 is 1.93 bits per heavy atom. The molecule has 0 aromatic heterocycles. The predicted octanol–water partition coefficient (Wildman–Crippen LogP) is 2.13. The van der Waals surface area contributed by atoms with E-state index in [1.165, 1.54) is 0 Å². The van der Waals surface area contributed by atoms with Gasteiger partial charge in [-0.15, -0.1) is 0 Å². The number of carbonyl (C=O) groups excluding carboxylic acids is 2. The Balaban J connectivity index is 1.43. The van der Waals surface area contributed by atoms with Gasteiger partial charge in [0.1, 0.15) is 17.5 Å². The van der Waals surface area contributed by atoms with Crippen molar-refractivity contribution in [2.45, 2.75) is 31.3 Å². The third-order valence-electron chi connectivity index (χ3n) is 5.30. The molecule has 8 heteroatoms. The maximum Gasteiger partial charge on any atom is 0.242 e. The molecule has 2 atom stereocenters. The van der Waals surface area contributed by atoms with E-state index in [4.69, 9.17) is 9.47 Å². The van der Waals surface area contributed by atoms with Gasteiger partial charge < -0.3 is 20.1 Å². The first-order valence-corrected chi connectivity index (χ1v) is 9.54. The Kier molecular flexibility index (Phi) is 5.37. The zero-order valence-electron chi connectivity index (χ0n) is 16.4. The van der Waals surface area contributed by atoms with Crippen molar-refractivity contribution in [2.75, 3.05) is 24.9 Å². The Morgan fingerprint density at radius 1 is 1.07 bits per heavy atom. The number of ether oxygens (including phenoxy) is 2. The molecule has 2 unspecified atom stereocenters. The number of methoxy groups -OCH3 is 2. The number of amides is 2. The van der Waals surface area contributed by atoms with Gasteiger partial charge in [0.25, 0.3) is 0 Å². The molecule has 0 aliphatic carbocycles. The zero-order valence-corrected chi connectivity index (χ0v) is 16.4. The molecule has 2 amide bonds. The summed E-state index contributed by atoms with van der Waals surface area (Å²) in [6.07, 6.45) is 1.70. The number of nitrogens with one attached hydrogen (secondary N) is 4. The number of rotatable bonds is 5. The molecule has 2 aliphatic rings. The highest BCUT2D eigenvalue weighted by atomic mass is 16.5. The highest BCUT2D eigenvalue weighted by Gasteiger charge is 2.32. The monoisotopic (exact) mass is 396 g/mol. The van der Waals surface area contributed by atoms with Gasteiger partial charge in [-0.2, -0.15) is 0 Å². The van der Waals surface area contributed by atoms with E-state index in [0.717, 1.165) is 28.3 Å². The van der Waals surface area contributed by atoms with E-state index in [-0.39, 0.29) is 17.9 Å². The SMILES string of the molecule is COc1ccc(OC)c(C2CC(C(=O)Nc3ccc4c(c3)CCC(=O)N4)NN2)c1. The Bertz CT molecular complexity index is 946. The second kappa shape index (κ2) is 8.10. The average molecular weight is 396 g/mol. The van der Waals surface area contributed by atoms with Crippen LogP contribution in [0.25, 0.3) is 0 Å². The van der Waals surface area contributed by atoms with Gasteiger partial charge in [0.15, 0.2) is 0 Å². The lowest BCUT2D eigenvalue weighted by atomic mass is 10.00. The number of hydrazine groups is 1. The summed E-state index contributed by atoms with van der Waals surface area (Å²) in [5.41, 5.74) is 9.73. The molecular weight excluding hydrogens is 372 g/mol. The van der Waals surface area contributed by atoms with E-state index in [2.05, 4.69) is 21.5 Å². The fourth-order valence-corrected chi connectivity index (χ4v) is 3.73. The maximum absolute atomic E-state index is 12.8. The number of hydrogen-bond donors (Lipinski definition) is 4. The van der Waals surface area contributed by atoms with Gasteiger partial charge in [-0.05, 0) is 54.8 Å². The second-order valence-electron chi connectivity index (χ2n) is 7.15. The van der Waals surface area contributed by atoms with Crippen LogP contribution >= 0.6 is 0 Å². The molecule has 2 heterocycles. The summed E-state index contributed by atoms with van der Waals surface area (Å²) in [6, 6.07) is 10.7. The minimum absolute atomic E-state index is 0.0227. The van der Waals surface area contributed by atoms with E-state index >= 15 is 0 Å². The van der Waals surface area contributed by atoms with Crippen LogP contribution in [0.2, 0.25) is 0 Å². The van der Waals surface area contributed by atoms with Gasteiger partial charge >= 0.3 is 0 Å². The number of hydrogen-bond acceptors (Lipinski definition) is 6. The van der Waals surface area contributed by atoms with E-state index in [1.54, 1.807) is 20.3 Å². The summed E-state index contributed by atoms with van der Waals surface area (Å²) in [5, 5.41) is 5.80. The summed E-state index contributed by atoms with van der Waals surface area (Å²) in [5.74, 6) is 1.37. The first-order valence-electron chi connectivity index (χ1n) is 9.54. The maximum atomic E-state index is 12.8. The second-order valence-corrected chi connectivity index (χ2v) is 7.15. The van der Waals surface area contributed by atoms with Gasteiger partial charge in [-0.25, -0.2) is 10.9 Å². The standard InChI is InChI=1S/C21H24N4O4/c1-28-14-5-7-19(29-2)15(10-14)17-11-18(25-24-17)21(27)22-13-4-6-16-12(9-13)3-8-20(26)23-16/h4-7,9-10,17-18,24-25H,3,8,11H2,1-2H3,(H,22,27)(H,23,26). The van der Waals surface area contributed by atoms with Crippen molar-refractivity contribution >= 4 is 23.2 Å². The average Bonchev–Trinajstić information content (AvgIpc) is 3.23. The predicted molar refractivity (Wildman–Crippen MR) is 109 cm³/mol. The van der Waals surface area contributed by atoms with Crippen molar-refractivity contribution in [3.05, 3.63) is 47.5 Å². The number of carbonyl (C=O) groups is 2. The number of anilines is 2. The fraction of sp³-hybridized carbons (Fsp3) is 0.333. The summed E-state index contributed by atoms with van der Waals surface area (Å²) in [7, 11) is 3.24. The van der Waals surface area contributed by atoms with Crippen LogP contribution in [0.4, 0.5) is 11.4 Å². The third-order valence-corrected chi connectivity index (χ3v) is 5.30. The van der Waals surface area contributed by atoms with E-state index < -0.39 is 6.04 Å². The lowest BCUT2D eigenvalue weighted by Crippen LogP contribution is -2.39. The fourth-order valence-electron chi connectivity index (χ4n) is 3.73. The van der Waals surface area contributed by atoms with Gasteiger partial charge in [-0.3, -0.25) is 9.59 Å². The van der Waals surface area contributed by atoms with Crippen molar-refractivity contribution in [3.63, 3.8) is 0 Å². The van der Waals surface area contributed by atoms with Crippen molar-refractivity contribution in [3.8, 4) is 11.5 Å². The van der Waals surface area contributed by atoms with Gasteiger partial charge in [0, 0.05) is 23.4 Å². The number of aryl methyl sites for hydroxylation is 1. The Morgan fingerprint density at radius 3 is 2.72 bits per heavy atom. The first-order chi connectivity index (χ1) is 14.1. The number of fused-ring (bicyclic) bond motifs is 1. The van der Waals surface area contributed by atoms with Gasteiger partial charge in [0.2, 0.25) is 11.8 Å². The summed E-state index contributed by atoms with van der Waals surface area (Å²) in [4.78, 5) is 24.2. The quantitative estimate of drug-likeness (QED) is 0.618. The highest BCUT2D eigenvalue weighted by Crippen LogP contribution is 2.33. The molecule has 2 aliphatic heterocycles. The molecule has 4 N–H and O–H groups in total. The molecule has 0 saturated carbocycles. The van der Waals surface area contributed by atoms with Crippen LogP contribution in [0.3, 0.4) is 0 Å². The topological polar surface area (TPSA) is 101 Å². The van der Waals surface area contributed by atoms with Crippen LogP contribution in [0.15, 0.2) is 36.4 Å². The molecule has 0 bridgehead atoms. The Labute approximate surface area is 168 Å². The molecule has 0 radical (unpaired) electrons. The number of benzene rings is 2. The molecule has 1 saturated heterocycles. The van der Waals surface area contributed by atoms with Crippen molar-refractivity contribution < 1.29 is 19.1 Å². The smallest absolute Gasteiger partial charge is 0.242 e. The molecular formula is C21H24N4O4. The van der Waals surface area contributed by atoms with Crippen LogP contribution in [0, 0.1) is 0 Å². The van der Waals surface area contributed by atoms with Crippen molar-refractivity contribution in [2.24, 2.45) is 0 Å². The summed E-state index contributed by atoms with van der Waals surface area (Å²) < 4.78 is 10.8. The molecule has 152 valence electrons. The van der Waals surface area contributed by atoms with Crippen LogP contribution in [-0.4, -0.2) is 32.1 Å².